The number of carbonyl (C=O) groups is 1. The molecule has 0 spiro atoms. The number of pyridine rings is 2. The summed E-state index contributed by atoms with van der Waals surface area (Å²) in [5, 5.41) is 39.2. The average Bonchev–Trinajstić information content (AvgIpc) is 3.28. The molecular formula is C50H46Cl2N4O7. The van der Waals surface area contributed by atoms with E-state index in [0.717, 1.165) is 44.5 Å². The summed E-state index contributed by atoms with van der Waals surface area (Å²) in [4.78, 5) is 20.1. The number of aryl methyl sites for hydroxylation is 2. The molecule has 11 nitrogen and oxygen atoms in total. The summed E-state index contributed by atoms with van der Waals surface area (Å²) >= 11 is 13.5. The van der Waals surface area contributed by atoms with Crippen molar-refractivity contribution in [3.63, 3.8) is 0 Å². The topological polar surface area (TPSA) is 168 Å². The maximum Gasteiger partial charge on any atom is 0.309 e. The van der Waals surface area contributed by atoms with Gasteiger partial charge in [-0.1, -0.05) is 66.5 Å². The van der Waals surface area contributed by atoms with Crippen LogP contribution in [0.25, 0.3) is 11.1 Å². The molecule has 0 amide bonds. The average molecular weight is 886 g/mol. The number of rotatable bonds is 19. The number of aliphatic carboxylic acids is 1. The number of aliphatic hydroxyl groups is 1. The van der Waals surface area contributed by atoms with E-state index in [2.05, 4.69) is 41.2 Å². The van der Waals surface area contributed by atoms with E-state index < -0.39 is 18.0 Å². The lowest BCUT2D eigenvalue weighted by atomic mass is 9.92. The van der Waals surface area contributed by atoms with Crippen LogP contribution in [0.3, 0.4) is 0 Å². The van der Waals surface area contributed by atoms with Crippen LogP contribution in [0, 0.1) is 42.4 Å². The second-order valence-electron chi connectivity index (χ2n) is 15.1. The fraction of sp³-hybridized carbons (Fsp3) is 0.260. The van der Waals surface area contributed by atoms with Gasteiger partial charge in [0.15, 0.2) is 0 Å². The number of benzene rings is 4. The fourth-order valence-electron chi connectivity index (χ4n) is 7.15. The molecule has 6 aromatic rings. The Morgan fingerprint density at radius 1 is 0.667 bits per heavy atom. The van der Waals surface area contributed by atoms with Gasteiger partial charge in [-0.2, -0.15) is 10.5 Å². The smallest absolute Gasteiger partial charge is 0.309 e. The van der Waals surface area contributed by atoms with Crippen LogP contribution in [0.2, 0.25) is 10.0 Å². The third kappa shape index (κ3) is 11.6. The highest BCUT2D eigenvalue weighted by atomic mass is 35.5. The van der Waals surface area contributed by atoms with Crippen molar-refractivity contribution in [1.82, 2.24) is 9.97 Å². The van der Waals surface area contributed by atoms with E-state index in [0.29, 0.717) is 61.7 Å². The van der Waals surface area contributed by atoms with E-state index in [1.807, 2.05) is 50.2 Å². The highest BCUT2D eigenvalue weighted by Gasteiger charge is 2.24. The summed E-state index contributed by atoms with van der Waals surface area (Å²) < 4.78 is 25.1. The number of aliphatic hydroxyl groups excluding tert-OH is 1. The van der Waals surface area contributed by atoms with Crippen molar-refractivity contribution in [2.24, 2.45) is 5.92 Å². The highest BCUT2D eigenvalue weighted by Crippen LogP contribution is 2.38. The second-order valence-corrected chi connectivity index (χ2v) is 15.9. The number of carboxylic acids is 1. The Labute approximate surface area is 377 Å². The Bertz CT molecular complexity index is 2690. The lowest BCUT2D eigenvalue weighted by Crippen LogP contribution is -2.26. The van der Waals surface area contributed by atoms with E-state index in [9.17, 15) is 25.5 Å². The first-order chi connectivity index (χ1) is 30.4. The Hall–Kier alpha value is -6.63. The van der Waals surface area contributed by atoms with Crippen molar-refractivity contribution in [2.45, 2.75) is 79.5 Å². The number of halogens is 2. The van der Waals surface area contributed by atoms with Crippen LogP contribution in [0.4, 0.5) is 0 Å². The molecule has 2 N–H and O–H groups in total. The van der Waals surface area contributed by atoms with E-state index in [4.69, 9.17) is 42.1 Å². The van der Waals surface area contributed by atoms with Crippen LogP contribution < -0.4 is 18.9 Å². The first-order valence-electron chi connectivity index (χ1n) is 20.3. The quantitative estimate of drug-likeness (QED) is 0.0794. The minimum absolute atomic E-state index is 0.0894. The Morgan fingerprint density at radius 2 is 1.13 bits per heavy atom. The maximum atomic E-state index is 11.8. The first kappa shape index (κ1) is 45.9. The first-order valence-corrected chi connectivity index (χ1v) is 21.1. The zero-order valence-electron chi connectivity index (χ0n) is 35.3. The van der Waals surface area contributed by atoms with Gasteiger partial charge in [0.1, 0.15) is 61.6 Å². The molecule has 0 saturated heterocycles. The Kier molecular flexibility index (Phi) is 15.6. The van der Waals surface area contributed by atoms with Crippen molar-refractivity contribution in [3.8, 4) is 46.3 Å². The Morgan fingerprint density at radius 3 is 1.57 bits per heavy atom. The predicted octanol–water partition coefficient (Wildman–Crippen LogP) is 10.7. The molecule has 63 heavy (non-hydrogen) atoms. The molecular weight excluding hydrogens is 839 g/mol. The van der Waals surface area contributed by atoms with Gasteiger partial charge in [0, 0.05) is 48.0 Å². The Balaban J connectivity index is 1.19. The SMILES string of the molecule is CCc1cc(Cl)c(OCc2cccc(-c3cccc(COc4cc(OCc5cncc(C#N)c5)c(CC[C@@H](C(=O)O)[C@H](C)O)cc4Cl)c3C)c2C)cc1OCc1cncc(C#N)c1. The summed E-state index contributed by atoms with van der Waals surface area (Å²) in [5.41, 5.74) is 9.90. The van der Waals surface area contributed by atoms with Gasteiger partial charge < -0.3 is 29.2 Å². The third-order valence-corrected chi connectivity index (χ3v) is 11.4. The predicted molar refractivity (Wildman–Crippen MR) is 240 cm³/mol. The van der Waals surface area contributed by atoms with Gasteiger partial charge in [-0.25, -0.2) is 0 Å². The molecule has 0 bridgehead atoms. The van der Waals surface area contributed by atoms with Crippen molar-refractivity contribution in [3.05, 3.63) is 163 Å². The van der Waals surface area contributed by atoms with Crippen LogP contribution in [0.1, 0.15) is 75.9 Å². The van der Waals surface area contributed by atoms with Gasteiger partial charge in [0.05, 0.1) is 33.2 Å². The molecule has 0 aliphatic carbocycles. The number of carboxylic acid groups (broad SMARTS) is 1. The van der Waals surface area contributed by atoms with Gasteiger partial charge in [0.25, 0.3) is 0 Å². The van der Waals surface area contributed by atoms with Crippen molar-refractivity contribution >= 4 is 29.2 Å². The summed E-state index contributed by atoms with van der Waals surface area (Å²) in [6, 6.07) is 26.8. The van der Waals surface area contributed by atoms with E-state index in [1.54, 1.807) is 36.7 Å². The molecule has 2 aromatic heterocycles. The van der Waals surface area contributed by atoms with Gasteiger partial charge in [-0.15, -0.1) is 0 Å². The molecule has 0 unspecified atom stereocenters. The molecule has 0 radical (unpaired) electrons. The number of aromatic nitrogens is 2. The van der Waals surface area contributed by atoms with Crippen LogP contribution in [-0.4, -0.2) is 32.3 Å². The van der Waals surface area contributed by atoms with E-state index >= 15 is 0 Å². The van der Waals surface area contributed by atoms with E-state index in [1.165, 1.54) is 19.3 Å². The third-order valence-electron chi connectivity index (χ3n) is 10.8. The van der Waals surface area contributed by atoms with Crippen molar-refractivity contribution < 1.29 is 34.0 Å². The number of nitriles is 2. The standard InChI is InChI=1S/C50H46Cl2N4O7/c1-5-37-16-44(51)48(18-46(37)60-26-35-14-33(20-53)22-55-24-35)62-28-39-8-6-10-41(30(39)2)42-11-7-9-40(31(42)3)29-63-49-19-47(61-27-36-15-34(21-54)23-56-25-36)38(17-45(49)52)12-13-43(32(4)57)50(58)59/h6-11,14-19,22-25,32,43,57H,5,12-13,26-29H2,1-4H3,(H,58,59)/t32-,43+/m0/s1. The van der Waals surface area contributed by atoms with Crippen LogP contribution >= 0.6 is 23.2 Å². The molecule has 0 aliphatic rings. The number of ether oxygens (including phenoxy) is 4. The molecule has 2 heterocycles. The molecule has 13 heteroatoms. The van der Waals surface area contributed by atoms with Gasteiger partial charge in [-0.3, -0.25) is 14.8 Å². The molecule has 0 aliphatic heterocycles. The monoisotopic (exact) mass is 884 g/mol. The van der Waals surface area contributed by atoms with Gasteiger partial charge >= 0.3 is 5.97 Å². The zero-order chi connectivity index (χ0) is 45.0. The second kappa shape index (κ2) is 21.4. The summed E-state index contributed by atoms with van der Waals surface area (Å²) in [7, 11) is 0. The van der Waals surface area contributed by atoms with Crippen LogP contribution in [0.15, 0.2) is 97.6 Å². The molecule has 2 atom stereocenters. The van der Waals surface area contributed by atoms with Gasteiger partial charge in [-0.05, 0) is 109 Å². The van der Waals surface area contributed by atoms with Gasteiger partial charge in [0.2, 0.25) is 0 Å². The lowest BCUT2D eigenvalue weighted by molar-refractivity contribution is -0.145. The van der Waals surface area contributed by atoms with Crippen LogP contribution in [0.5, 0.6) is 23.0 Å². The van der Waals surface area contributed by atoms with Crippen molar-refractivity contribution in [1.29, 1.82) is 10.5 Å². The maximum absolute atomic E-state index is 11.8. The lowest BCUT2D eigenvalue weighted by Gasteiger charge is -2.19. The summed E-state index contributed by atoms with van der Waals surface area (Å²) in [6.45, 7) is 8.35. The summed E-state index contributed by atoms with van der Waals surface area (Å²) in [6.07, 6.45) is 6.32. The summed E-state index contributed by atoms with van der Waals surface area (Å²) in [5.74, 6) is -0.146. The number of nitrogens with zero attached hydrogens (tertiary/aromatic N) is 4. The van der Waals surface area contributed by atoms with Crippen molar-refractivity contribution in [2.75, 3.05) is 0 Å². The minimum atomic E-state index is -1.09. The molecule has 322 valence electrons. The van der Waals surface area contributed by atoms with E-state index in [-0.39, 0.29) is 39.3 Å². The molecule has 0 fully saturated rings. The highest BCUT2D eigenvalue weighted by molar-refractivity contribution is 6.32. The minimum Gasteiger partial charge on any atom is -0.488 e. The van der Waals surface area contributed by atoms with Crippen LogP contribution in [-0.2, 0) is 44.1 Å². The number of hydrogen-bond acceptors (Lipinski definition) is 10. The zero-order valence-corrected chi connectivity index (χ0v) is 36.8. The number of hydrogen-bond donors (Lipinski definition) is 2. The molecule has 6 rings (SSSR count). The molecule has 4 aromatic carbocycles. The fourth-order valence-corrected chi connectivity index (χ4v) is 7.63. The molecule has 0 saturated carbocycles. The normalized spacial score (nSPS) is 11.8. The largest absolute Gasteiger partial charge is 0.488 e.